The van der Waals surface area contributed by atoms with E-state index in [1.807, 2.05) is 20.0 Å². The van der Waals surface area contributed by atoms with Crippen LogP contribution in [-0.2, 0) is 16.4 Å². The normalized spacial score (nSPS) is 12.3. The third-order valence-electron chi connectivity index (χ3n) is 2.71. The van der Waals surface area contributed by atoms with Crippen molar-refractivity contribution in [1.29, 1.82) is 0 Å². The van der Waals surface area contributed by atoms with E-state index in [0.29, 0.717) is 12.3 Å². The smallest absolute Gasteiger partial charge is 0.219 e. The van der Waals surface area contributed by atoms with Gasteiger partial charge in [0.15, 0.2) is 0 Å². The molecular formula is C12H19N5O2S. The van der Waals surface area contributed by atoms with E-state index in [9.17, 15) is 8.42 Å². The zero-order valence-corrected chi connectivity index (χ0v) is 12.5. The highest BCUT2D eigenvalue weighted by Crippen LogP contribution is 2.03. The Balaban J connectivity index is 1.81. The molecule has 0 aromatic carbocycles. The fourth-order valence-electron chi connectivity index (χ4n) is 1.91. The second-order valence-electron chi connectivity index (χ2n) is 5.14. The molecule has 0 spiro atoms. The number of nitrogens with zero attached hydrogens (tertiary/aromatic N) is 4. The summed E-state index contributed by atoms with van der Waals surface area (Å²) in [6.45, 7) is 4.21. The Kier molecular flexibility index (Phi) is 4.66. The molecule has 0 atom stereocenters. The van der Waals surface area contributed by atoms with Crippen molar-refractivity contribution in [1.82, 2.24) is 24.3 Å². The van der Waals surface area contributed by atoms with Crippen molar-refractivity contribution in [3.63, 3.8) is 0 Å². The topological polar surface area (TPSA) is 89.2 Å². The Hall–Kier alpha value is -1.54. The van der Waals surface area contributed by atoms with Crippen LogP contribution >= 0.6 is 0 Å². The standard InChI is InChI=1S/C12H19N5O2S/c1-10(2)8-20(18,19)16-5-3-4-11-6-13-12-14-9-15-17(12)7-11/h6-7,9-10,16H,3-5,8H2,1-2H3. The Morgan fingerprint density at radius 3 is 2.90 bits per heavy atom. The van der Waals surface area contributed by atoms with Gasteiger partial charge in [-0.05, 0) is 24.3 Å². The molecular weight excluding hydrogens is 278 g/mol. The van der Waals surface area contributed by atoms with Gasteiger partial charge in [-0.25, -0.2) is 22.6 Å². The number of rotatable bonds is 7. The fraction of sp³-hybridized carbons (Fsp3) is 0.583. The van der Waals surface area contributed by atoms with Crippen LogP contribution in [0.3, 0.4) is 0 Å². The summed E-state index contributed by atoms with van der Waals surface area (Å²) in [5.41, 5.74) is 1.01. The minimum absolute atomic E-state index is 0.131. The molecule has 0 unspecified atom stereocenters. The van der Waals surface area contributed by atoms with E-state index in [1.54, 1.807) is 10.7 Å². The van der Waals surface area contributed by atoms with E-state index in [1.165, 1.54) is 6.33 Å². The van der Waals surface area contributed by atoms with Gasteiger partial charge < -0.3 is 0 Å². The molecule has 0 saturated carbocycles. The van der Waals surface area contributed by atoms with Crippen LogP contribution in [0.15, 0.2) is 18.7 Å². The van der Waals surface area contributed by atoms with Gasteiger partial charge in [-0.15, -0.1) is 0 Å². The van der Waals surface area contributed by atoms with Crippen molar-refractivity contribution in [2.45, 2.75) is 26.7 Å². The lowest BCUT2D eigenvalue weighted by Gasteiger charge is -2.08. The van der Waals surface area contributed by atoms with Gasteiger partial charge >= 0.3 is 0 Å². The van der Waals surface area contributed by atoms with Crippen molar-refractivity contribution in [2.75, 3.05) is 12.3 Å². The van der Waals surface area contributed by atoms with Gasteiger partial charge in [0.25, 0.3) is 5.78 Å². The monoisotopic (exact) mass is 297 g/mol. The quantitative estimate of drug-likeness (QED) is 0.757. The molecule has 0 bridgehead atoms. The lowest BCUT2D eigenvalue weighted by atomic mass is 10.2. The summed E-state index contributed by atoms with van der Waals surface area (Å²) in [5.74, 6) is 0.859. The molecule has 0 amide bonds. The van der Waals surface area contributed by atoms with Gasteiger partial charge in [0.2, 0.25) is 10.0 Å². The van der Waals surface area contributed by atoms with Crippen molar-refractivity contribution in [3.8, 4) is 0 Å². The van der Waals surface area contributed by atoms with E-state index >= 15 is 0 Å². The van der Waals surface area contributed by atoms with E-state index in [2.05, 4.69) is 19.8 Å². The molecule has 0 aliphatic carbocycles. The van der Waals surface area contributed by atoms with Crippen molar-refractivity contribution < 1.29 is 8.42 Å². The molecule has 2 aromatic heterocycles. The minimum atomic E-state index is -3.15. The first-order valence-electron chi connectivity index (χ1n) is 6.58. The van der Waals surface area contributed by atoms with Crippen LogP contribution in [-0.4, -0.2) is 40.3 Å². The molecule has 0 aliphatic heterocycles. The minimum Gasteiger partial charge on any atom is -0.219 e. The summed E-state index contributed by atoms with van der Waals surface area (Å²) < 4.78 is 27.5. The number of nitrogens with one attached hydrogen (secondary N) is 1. The average Bonchev–Trinajstić information content (AvgIpc) is 2.80. The first kappa shape index (κ1) is 14.9. The van der Waals surface area contributed by atoms with Crippen LogP contribution in [0, 0.1) is 5.92 Å². The lowest BCUT2D eigenvalue weighted by Crippen LogP contribution is -2.29. The maximum Gasteiger partial charge on any atom is 0.252 e. The summed E-state index contributed by atoms with van der Waals surface area (Å²) in [7, 11) is -3.15. The van der Waals surface area contributed by atoms with Gasteiger partial charge in [0.05, 0.1) is 5.75 Å². The first-order chi connectivity index (χ1) is 9.46. The van der Waals surface area contributed by atoms with Crippen LogP contribution in [0.4, 0.5) is 0 Å². The predicted octanol–water partition coefficient (Wildman–Crippen LogP) is 0.632. The Morgan fingerprint density at radius 1 is 1.35 bits per heavy atom. The third-order valence-corrected chi connectivity index (χ3v) is 4.45. The second-order valence-corrected chi connectivity index (χ2v) is 6.99. The summed E-state index contributed by atoms with van der Waals surface area (Å²) in [6, 6.07) is 0. The average molecular weight is 297 g/mol. The third kappa shape index (κ3) is 4.24. The van der Waals surface area contributed by atoms with Crippen molar-refractivity contribution >= 4 is 15.8 Å². The number of aryl methyl sites for hydroxylation is 1. The number of aromatic nitrogens is 4. The maximum absolute atomic E-state index is 11.6. The van der Waals surface area contributed by atoms with Crippen molar-refractivity contribution in [3.05, 3.63) is 24.3 Å². The van der Waals surface area contributed by atoms with Crippen LogP contribution < -0.4 is 4.72 Å². The highest BCUT2D eigenvalue weighted by molar-refractivity contribution is 7.89. The van der Waals surface area contributed by atoms with E-state index < -0.39 is 10.0 Å². The highest BCUT2D eigenvalue weighted by atomic mass is 32.2. The van der Waals surface area contributed by atoms with E-state index in [4.69, 9.17) is 0 Å². The molecule has 8 heteroatoms. The SMILES string of the molecule is CC(C)CS(=O)(=O)NCCCc1cnc2ncnn2c1. The van der Waals surface area contributed by atoms with Crippen molar-refractivity contribution in [2.24, 2.45) is 5.92 Å². The molecule has 2 heterocycles. The molecule has 0 saturated heterocycles. The predicted molar refractivity (Wildman–Crippen MR) is 75.7 cm³/mol. The lowest BCUT2D eigenvalue weighted by molar-refractivity contribution is 0.566. The maximum atomic E-state index is 11.6. The number of hydrogen-bond acceptors (Lipinski definition) is 5. The first-order valence-corrected chi connectivity index (χ1v) is 8.23. The molecule has 0 aliphatic rings. The Bertz CT molecular complexity index is 665. The summed E-state index contributed by atoms with van der Waals surface area (Å²) in [6.07, 6.45) is 6.52. The molecule has 110 valence electrons. The Labute approximate surface area is 118 Å². The zero-order valence-electron chi connectivity index (χ0n) is 11.7. The van der Waals surface area contributed by atoms with Gasteiger partial charge in [-0.3, -0.25) is 0 Å². The zero-order chi connectivity index (χ0) is 14.6. The van der Waals surface area contributed by atoms with E-state index in [0.717, 1.165) is 18.4 Å². The molecule has 0 fully saturated rings. The number of sulfonamides is 1. The van der Waals surface area contributed by atoms with Crippen LogP contribution in [0.1, 0.15) is 25.8 Å². The summed E-state index contributed by atoms with van der Waals surface area (Å²) in [4.78, 5) is 8.12. The number of hydrogen-bond donors (Lipinski definition) is 1. The van der Waals surface area contributed by atoms with Crippen LogP contribution in [0.25, 0.3) is 5.78 Å². The Morgan fingerprint density at radius 2 is 2.15 bits per heavy atom. The fourth-order valence-corrected chi connectivity index (χ4v) is 3.36. The molecule has 7 nitrogen and oxygen atoms in total. The molecule has 2 rings (SSSR count). The summed E-state index contributed by atoms with van der Waals surface area (Å²) >= 11 is 0. The van der Waals surface area contributed by atoms with Gasteiger partial charge in [0, 0.05) is 18.9 Å². The molecule has 0 radical (unpaired) electrons. The molecule has 1 N–H and O–H groups in total. The highest BCUT2D eigenvalue weighted by Gasteiger charge is 2.11. The van der Waals surface area contributed by atoms with Gasteiger partial charge in [0.1, 0.15) is 6.33 Å². The van der Waals surface area contributed by atoms with Crippen LogP contribution in [0.2, 0.25) is 0 Å². The van der Waals surface area contributed by atoms with Crippen LogP contribution in [0.5, 0.6) is 0 Å². The largest absolute Gasteiger partial charge is 0.252 e. The molecule has 20 heavy (non-hydrogen) atoms. The number of fused-ring (bicyclic) bond motifs is 1. The summed E-state index contributed by atoms with van der Waals surface area (Å²) in [5, 5.41) is 4.01. The molecule has 2 aromatic rings. The second kappa shape index (κ2) is 6.27. The van der Waals surface area contributed by atoms with Gasteiger partial charge in [-0.1, -0.05) is 13.8 Å². The van der Waals surface area contributed by atoms with Gasteiger partial charge in [-0.2, -0.15) is 10.1 Å². The van der Waals surface area contributed by atoms with E-state index in [-0.39, 0.29) is 11.7 Å².